The van der Waals surface area contributed by atoms with Crippen molar-refractivity contribution in [2.45, 2.75) is 329 Å². The summed E-state index contributed by atoms with van der Waals surface area (Å²) >= 11 is 0. The summed E-state index contributed by atoms with van der Waals surface area (Å²) in [6, 6.07) is 0. The molecule has 418 valence electrons. The third-order valence-electron chi connectivity index (χ3n) is 13.8. The van der Waals surface area contributed by atoms with Crippen LogP contribution >= 0.6 is 0 Å². The van der Waals surface area contributed by atoms with Crippen molar-refractivity contribution in [3.8, 4) is 0 Å². The quantitative estimate of drug-likeness (QED) is 0.0261. The van der Waals surface area contributed by atoms with Crippen LogP contribution in [0.4, 0.5) is 0 Å². The minimum absolute atomic E-state index is 0.0751. The highest BCUT2D eigenvalue weighted by Gasteiger charge is 2.19. The lowest BCUT2D eigenvalue weighted by Crippen LogP contribution is -2.30. The number of hydrogen-bond donors (Lipinski definition) is 0. The first-order valence-corrected chi connectivity index (χ1v) is 31.3. The summed E-state index contributed by atoms with van der Waals surface area (Å²) in [5, 5.41) is 0. The number of allylic oxidation sites excluding steroid dienone is 10. The molecule has 0 amide bonds. The second kappa shape index (κ2) is 60.7. The van der Waals surface area contributed by atoms with Gasteiger partial charge in [-0.15, -0.1) is 0 Å². The molecular weight excluding hydrogens is 889 g/mol. The summed E-state index contributed by atoms with van der Waals surface area (Å²) in [7, 11) is 0. The fourth-order valence-electron chi connectivity index (χ4n) is 9.08. The van der Waals surface area contributed by atoms with Gasteiger partial charge in [0, 0.05) is 19.3 Å². The van der Waals surface area contributed by atoms with Crippen molar-refractivity contribution in [1.29, 1.82) is 0 Å². The molecule has 0 fully saturated rings. The van der Waals surface area contributed by atoms with Gasteiger partial charge in [-0.05, 0) is 83.5 Å². The molecule has 0 aromatic rings. The highest BCUT2D eigenvalue weighted by Crippen LogP contribution is 2.17. The third-order valence-corrected chi connectivity index (χ3v) is 13.8. The maximum Gasteiger partial charge on any atom is 0.306 e. The molecule has 0 saturated carbocycles. The van der Waals surface area contributed by atoms with Gasteiger partial charge in [0.25, 0.3) is 0 Å². The summed E-state index contributed by atoms with van der Waals surface area (Å²) in [5.74, 6) is -0.870. The van der Waals surface area contributed by atoms with E-state index in [9.17, 15) is 14.4 Å². The average molecular weight is 1010 g/mol. The van der Waals surface area contributed by atoms with Crippen LogP contribution < -0.4 is 0 Å². The number of unbranched alkanes of at least 4 members (excludes halogenated alkanes) is 36. The zero-order valence-corrected chi connectivity index (χ0v) is 47.9. The molecule has 0 heterocycles. The van der Waals surface area contributed by atoms with Crippen LogP contribution in [0.15, 0.2) is 60.8 Å². The summed E-state index contributed by atoms with van der Waals surface area (Å²) in [6.07, 6.45) is 76.4. The number of ether oxygens (including phenoxy) is 3. The molecule has 1 unspecified atom stereocenters. The number of esters is 3. The van der Waals surface area contributed by atoms with Crippen molar-refractivity contribution < 1.29 is 28.6 Å². The molecule has 1 atom stereocenters. The molecule has 0 saturated heterocycles. The highest BCUT2D eigenvalue weighted by molar-refractivity contribution is 5.71. The van der Waals surface area contributed by atoms with E-state index in [0.29, 0.717) is 19.3 Å². The number of carbonyl (C=O) groups excluding carboxylic acids is 3. The first-order chi connectivity index (χ1) is 35.5. The molecule has 6 heteroatoms. The Kier molecular flexibility index (Phi) is 58.2. The topological polar surface area (TPSA) is 78.9 Å². The van der Waals surface area contributed by atoms with Gasteiger partial charge in [0.2, 0.25) is 0 Å². The Morgan fingerprint density at radius 3 is 0.861 bits per heavy atom. The van der Waals surface area contributed by atoms with Gasteiger partial charge < -0.3 is 14.2 Å². The Balaban J connectivity index is 4.36. The molecule has 0 radical (unpaired) electrons. The molecule has 0 aliphatic rings. The number of carbonyl (C=O) groups is 3. The lowest BCUT2D eigenvalue weighted by molar-refractivity contribution is -0.167. The fourth-order valence-corrected chi connectivity index (χ4v) is 9.08. The van der Waals surface area contributed by atoms with E-state index in [2.05, 4.69) is 81.5 Å². The molecule has 6 nitrogen and oxygen atoms in total. The molecule has 0 rings (SSSR count). The van der Waals surface area contributed by atoms with Crippen molar-refractivity contribution in [2.75, 3.05) is 13.2 Å². The van der Waals surface area contributed by atoms with Crippen molar-refractivity contribution >= 4 is 17.9 Å². The molecule has 0 aliphatic heterocycles. The maximum atomic E-state index is 12.9. The fraction of sp³-hybridized carbons (Fsp3) is 0.803. The van der Waals surface area contributed by atoms with E-state index >= 15 is 0 Å². The monoisotopic (exact) mass is 1010 g/mol. The molecule has 0 aromatic carbocycles. The molecule has 0 bridgehead atoms. The maximum absolute atomic E-state index is 12.9. The van der Waals surface area contributed by atoms with E-state index in [1.54, 1.807) is 0 Å². The van der Waals surface area contributed by atoms with Gasteiger partial charge in [0.05, 0.1) is 0 Å². The largest absolute Gasteiger partial charge is 0.462 e. The van der Waals surface area contributed by atoms with Gasteiger partial charge in [0.1, 0.15) is 13.2 Å². The Labute approximate surface area is 447 Å². The standard InChI is InChI=1S/C66H118O6/c1-4-7-10-13-16-19-22-25-28-30-32-33-34-36-38-41-44-47-50-53-56-59-65(68)71-62-63(61-70-64(67)58-55-52-49-46-43-40-37-27-24-21-18-15-12-9-6-3)72-66(69)60-57-54-51-48-45-42-39-35-31-29-26-23-20-17-14-11-8-5-2/h7,10,16,19,25,28-29,31-33,63H,4-6,8-9,11-15,17-18,20-24,26-27,30,34-62H2,1-3H3/b10-7-,19-16-,28-25-,31-29-,33-32-. The predicted octanol–water partition coefficient (Wildman–Crippen LogP) is 21.2. The van der Waals surface area contributed by atoms with Crippen molar-refractivity contribution in [2.24, 2.45) is 0 Å². The zero-order chi connectivity index (χ0) is 52.2. The van der Waals surface area contributed by atoms with Gasteiger partial charge in [0.15, 0.2) is 6.10 Å². The van der Waals surface area contributed by atoms with Gasteiger partial charge in [-0.2, -0.15) is 0 Å². The first-order valence-electron chi connectivity index (χ1n) is 31.3. The van der Waals surface area contributed by atoms with Crippen molar-refractivity contribution in [1.82, 2.24) is 0 Å². The predicted molar refractivity (Wildman–Crippen MR) is 312 cm³/mol. The van der Waals surface area contributed by atoms with Crippen LogP contribution in [0.5, 0.6) is 0 Å². The van der Waals surface area contributed by atoms with Crippen LogP contribution in [0.25, 0.3) is 0 Å². The van der Waals surface area contributed by atoms with Crippen molar-refractivity contribution in [3.05, 3.63) is 60.8 Å². The average Bonchev–Trinajstić information content (AvgIpc) is 3.38. The SMILES string of the molecule is CC/C=C\C/C=C\C/C=C\C/C=C\CCCCCCCCCCC(=O)OCC(COC(=O)CCCCCCCCCCCCCCCCC)OC(=O)CCCCCCCCC/C=C\CCCCCCCCC. The lowest BCUT2D eigenvalue weighted by atomic mass is 10.0. The normalized spacial score (nSPS) is 12.4. The number of rotatable bonds is 57. The van der Waals surface area contributed by atoms with E-state index in [4.69, 9.17) is 14.2 Å². The molecule has 0 aliphatic carbocycles. The van der Waals surface area contributed by atoms with E-state index < -0.39 is 6.10 Å². The molecule has 0 aromatic heterocycles. The van der Waals surface area contributed by atoms with E-state index in [-0.39, 0.29) is 31.1 Å². The first kappa shape index (κ1) is 69.1. The number of hydrogen-bond acceptors (Lipinski definition) is 6. The van der Waals surface area contributed by atoms with E-state index in [1.807, 2.05) is 0 Å². The second-order valence-electron chi connectivity index (χ2n) is 20.9. The van der Waals surface area contributed by atoms with Crippen LogP contribution in [-0.4, -0.2) is 37.2 Å². The van der Waals surface area contributed by atoms with Crippen LogP contribution in [0.3, 0.4) is 0 Å². The summed E-state index contributed by atoms with van der Waals surface area (Å²) in [5.41, 5.74) is 0. The van der Waals surface area contributed by atoms with E-state index in [0.717, 1.165) is 89.9 Å². The molecule has 0 spiro atoms. The third kappa shape index (κ3) is 58.0. The van der Waals surface area contributed by atoms with Gasteiger partial charge in [-0.25, -0.2) is 0 Å². The Morgan fingerprint density at radius 2 is 0.542 bits per heavy atom. The van der Waals surface area contributed by atoms with Gasteiger partial charge >= 0.3 is 17.9 Å². The summed E-state index contributed by atoms with van der Waals surface area (Å²) in [4.78, 5) is 38.3. The smallest absolute Gasteiger partial charge is 0.306 e. The minimum Gasteiger partial charge on any atom is -0.462 e. The van der Waals surface area contributed by atoms with Crippen LogP contribution in [0.1, 0.15) is 323 Å². The van der Waals surface area contributed by atoms with Gasteiger partial charge in [-0.1, -0.05) is 281 Å². The Bertz CT molecular complexity index is 1290. The minimum atomic E-state index is -0.779. The lowest BCUT2D eigenvalue weighted by Gasteiger charge is -2.18. The van der Waals surface area contributed by atoms with Gasteiger partial charge in [-0.3, -0.25) is 14.4 Å². The second-order valence-corrected chi connectivity index (χ2v) is 20.9. The highest BCUT2D eigenvalue weighted by atomic mass is 16.6. The Morgan fingerprint density at radius 1 is 0.292 bits per heavy atom. The van der Waals surface area contributed by atoms with Crippen LogP contribution in [0, 0.1) is 0 Å². The Hall–Kier alpha value is -2.89. The van der Waals surface area contributed by atoms with Crippen LogP contribution in [-0.2, 0) is 28.6 Å². The van der Waals surface area contributed by atoms with Crippen LogP contribution in [0.2, 0.25) is 0 Å². The van der Waals surface area contributed by atoms with Crippen molar-refractivity contribution in [3.63, 3.8) is 0 Å². The van der Waals surface area contributed by atoms with E-state index in [1.165, 1.54) is 193 Å². The zero-order valence-electron chi connectivity index (χ0n) is 47.9. The summed E-state index contributed by atoms with van der Waals surface area (Å²) in [6.45, 7) is 6.56. The summed E-state index contributed by atoms with van der Waals surface area (Å²) < 4.78 is 16.9. The molecular formula is C66H118O6. The molecule has 0 N–H and O–H groups in total. The molecule has 72 heavy (non-hydrogen) atoms.